The van der Waals surface area contributed by atoms with E-state index in [1.165, 1.54) is 0 Å². The molecule has 1 fully saturated rings. The highest BCUT2D eigenvalue weighted by atomic mass is 16.4. The first-order valence-electron chi connectivity index (χ1n) is 11.7. The lowest BCUT2D eigenvalue weighted by Gasteiger charge is -2.16. The third kappa shape index (κ3) is 5.24. The molecule has 1 saturated heterocycles. The number of nitrogens with one attached hydrogen (secondary N) is 2. The standard InChI is InChI=1S/C28H26N4O3/c33-26(29-18-20-9-8-12-22(17-20)31-28(34)32-15-6-7-16-32)23-13-4-5-14-24(23)27-30-19-25(35-27)21-10-2-1-3-11-21/h1-5,8-14,17,19H,6-7,15-16,18H2,(H,29,33)(H,31,34). The van der Waals surface area contributed by atoms with Gasteiger partial charge in [0.2, 0.25) is 5.89 Å². The van der Waals surface area contributed by atoms with Crippen LogP contribution in [-0.2, 0) is 6.54 Å². The summed E-state index contributed by atoms with van der Waals surface area (Å²) < 4.78 is 5.97. The predicted molar refractivity (Wildman–Crippen MR) is 135 cm³/mol. The molecule has 1 aliphatic heterocycles. The topological polar surface area (TPSA) is 87.5 Å². The summed E-state index contributed by atoms with van der Waals surface area (Å²) in [5, 5.41) is 5.91. The van der Waals surface area contributed by atoms with Crippen LogP contribution in [-0.4, -0.2) is 34.9 Å². The maximum absolute atomic E-state index is 13.1. The van der Waals surface area contributed by atoms with Crippen LogP contribution in [0, 0.1) is 0 Å². The van der Waals surface area contributed by atoms with Crippen LogP contribution in [0.4, 0.5) is 10.5 Å². The Bertz CT molecular complexity index is 1330. The van der Waals surface area contributed by atoms with E-state index in [1.807, 2.05) is 77.7 Å². The van der Waals surface area contributed by atoms with Crippen molar-refractivity contribution in [3.63, 3.8) is 0 Å². The van der Waals surface area contributed by atoms with E-state index >= 15 is 0 Å². The fraction of sp³-hybridized carbons (Fsp3) is 0.179. The highest BCUT2D eigenvalue weighted by Gasteiger charge is 2.19. The number of oxazole rings is 1. The highest BCUT2D eigenvalue weighted by molar-refractivity contribution is 6.00. The Morgan fingerprint density at radius 3 is 2.51 bits per heavy atom. The van der Waals surface area contributed by atoms with E-state index < -0.39 is 0 Å². The number of aromatic nitrogens is 1. The number of urea groups is 1. The number of hydrogen-bond acceptors (Lipinski definition) is 4. The Hall–Kier alpha value is -4.39. The quantitative estimate of drug-likeness (QED) is 0.389. The van der Waals surface area contributed by atoms with Crippen molar-refractivity contribution in [3.05, 3.63) is 96.2 Å². The molecule has 1 aliphatic rings. The molecule has 0 atom stereocenters. The van der Waals surface area contributed by atoms with E-state index in [0.717, 1.165) is 37.1 Å². The summed E-state index contributed by atoms with van der Waals surface area (Å²) in [6.07, 6.45) is 3.76. The molecule has 3 aromatic carbocycles. The second-order valence-corrected chi connectivity index (χ2v) is 8.45. The average Bonchev–Trinajstić information content (AvgIpc) is 3.61. The summed E-state index contributed by atoms with van der Waals surface area (Å²) in [5.41, 5.74) is 3.62. The van der Waals surface area contributed by atoms with E-state index in [-0.39, 0.29) is 11.9 Å². The third-order valence-electron chi connectivity index (χ3n) is 5.99. The zero-order valence-corrected chi connectivity index (χ0v) is 19.2. The monoisotopic (exact) mass is 466 g/mol. The van der Waals surface area contributed by atoms with Gasteiger partial charge in [-0.15, -0.1) is 0 Å². The number of rotatable bonds is 6. The number of benzene rings is 3. The molecule has 0 unspecified atom stereocenters. The van der Waals surface area contributed by atoms with Crippen LogP contribution in [0.25, 0.3) is 22.8 Å². The third-order valence-corrected chi connectivity index (χ3v) is 5.99. The van der Waals surface area contributed by atoms with Crippen molar-refractivity contribution in [2.75, 3.05) is 18.4 Å². The van der Waals surface area contributed by atoms with Crippen LogP contribution in [0.2, 0.25) is 0 Å². The first kappa shape index (κ1) is 22.4. The van der Waals surface area contributed by atoms with Gasteiger partial charge in [-0.3, -0.25) is 4.79 Å². The number of likely N-dealkylation sites (tertiary alicyclic amines) is 1. The molecule has 5 rings (SSSR count). The van der Waals surface area contributed by atoms with Gasteiger partial charge in [-0.25, -0.2) is 9.78 Å². The fourth-order valence-electron chi connectivity index (χ4n) is 4.16. The molecule has 2 heterocycles. The van der Waals surface area contributed by atoms with E-state index in [9.17, 15) is 9.59 Å². The Balaban J connectivity index is 1.27. The molecule has 7 heteroatoms. The lowest BCUT2D eigenvalue weighted by molar-refractivity contribution is 0.0951. The summed E-state index contributed by atoms with van der Waals surface area (Å²) in [4.78, 5) is 31.7. The zero-order chi connectivity index (χ0) is 24.0. The molecule has 1 aromatic heterocycles. The van der Waals surface area contributed by atoms with Gasteiger partial charge in [0.15, 0.2) is 5.76 Å². The summed E-state index contributed by atoms with van der Waals surface area (Å²) in [7, 11) is 0. The second-order valence-electron chi connectivity index (χ2n) is 8.45. The Morgan fingerprint density at radius 2 is 1.69 bits per heavy atom. The summed E-state index contributed by atoms with van der Waals surface area (Å²) in [5.74, 6) is 0.802. The molecular formula is C28H26N4O3. The Labute approximate surface area is 203 Å². The van der Waals surface area contributed by atoms with Gasteiger partial charge in [-0.2, -0.15) is 0 Å². The van der Waals surface area contributed by atoms with Gasteiger partial charge >= 0.3 is 6.03 Å². The van der Waals surface area contributed by atoms with Crippen LogP contribution in [0.15, 0.2) is 89.5 Å². The van der Waals surface area contributed by atoms with Crippen molar-refractivity contribution in [3.8, 4) is 22.8 Å². The van der Waals surface area contributed by atoms with Crippen LogP contribution in [0.3, 0.4) is 0 Å². The number of amides is 3. The van der Waals surface area contributed by atoms with E-state index in [2.05, 4.69) is 15.6 Å². The highest BCUT2D eigenvalue weighted by Crippen LogP contribution is 2.28. The minimum atomic E-state index is -0.230. The van der Waals surface area contributed by atoms with Gasteiger partial charge < -0.3 is 20.0 Å². The molecular weight excluding hydrogens is 440 g/mol. The maximum Gasteiger partial charge on any atom is 0.321 e. The minimum Gasteiger partial charge on any atom is -0.436 e. The summed E-state index contributed by atoms with van der Waals surface area (Å²) >= 11 is 0. The van der Waals surface area contributed by atoms with Crippen molar-refractivity contribution in [2.24, 2.45) is 0 Å². The number of nitrogens with zero attached hydrogens (tertiary/aromatic N) is 2. The van der Waals surface area contributed by atoms with Crippen molar-refractivity contribution < 1.29 is 14.0 Å². The molecule has 2 N–H and O–H groups in total. The van der Waals surface area contributed by atoms with Crippen molar-refractivity contribution in [1.82, 2.24) is 15.2 Å². The number of hydrogen-bond donors (Lipinski definition) is 2. The maximum atomic E-state index is 13.1. The van der Waals surface area contributed by atoms with Crippen LogP contribution >= 0.6 is 0 Å². The molecule has 0 saturated carbocycles. The zero-order valence-electron chi connectivity index (χ0n) is 19.2. The van der Waals surface area contributed by atoms with Crippen LogP contribution in [0.1, 0.15) is 28.8 Å². The minimum absolute atomic E-state index is 0.0848. The number of carbonyl (C=O) groups is 2. The molecule has 0 aliphatic carbocycles. The number of anilines is 1. The van der Waals surface area contributed by atoms with E-state index in [1.54, 1.807) is 12.3 Å². The van der Waals surface area contributed by atoms with Crippen molar-refractivity contribution >= 4 is 17.6 Å². The number of carbonyl (C=O) groups excluding carboxylic acids is 2. The largest absolute Gasteiger partial charge is 0.436 e. The summed E-state index contributed by atoms with van der Waals surface area (Å²) in [6.45, 7) is 1.90. The fourth-order valence-corrected chi connectivity index (χ4v) is 4.16. The van der Waals surface area contributed by atoms with Gasteiger partial charge in [-0.1, -0.05) is 54.6 Å². The summed E-state index contributed by atoms with van der Waals surface area (Å²) in [6, 6.07) is 24.4. The second kappa shape index (κ2) is 10.3. The van der Waals surface area contributed by atoms with Gasteiger partial charge in [0.05, 0.1) is 11.8 Å². The first-order valence-corrected chi connectivity index (χ1v) is 11.7. The smallest absolute Gasteiger partial charge is 0.321 e. The van der Waals surface area contributed by atoms with Crippen LogP contribution in [0.5, 0.6) is 0 Å². The molecule has 0 spiro atoms. The van der Waals surface area contributed by atoms with Gasteiger partial charge in [0, 0.05) is 36.4 Å². The molecule has 0 radical (unpaired) electrons. The Kier molecular flexibility index (Phi) is 6.57. The van der Waals surface area contributed by atoms with Gasteiger partial charge in [0.1, 0.15) is 0 Å². The molecule has 7 nitrogen and oxygen atoms in total. The predicted octanol–water partition coefficient (Wildman–Crippen LogP) is 5.57. The SMILES string of the molecule is O=C(NCc1cccc(NC(=O)N2CCCC2)c1)c1ccccc1-c1ncc(-c2ccccc2)o1. The molecule has 35 heavy (non-hydrogen) atoms. The van der Waals surface area contributed by atoms with Crippen molar-refractivity contribution in [2.45, 2.75) is 19.4 Å². The molecule has 4 aromatic rings. The van der Waals surface area contributed by atoms with E-state index in [4.69, 9.17) is 4.42 Å². The first-order chi connectivity index (χ1) is 17.2. The molecule has 0 bridgehead atoms. The van der Waals surface area contributed by atoms with Crippen LogP contribution < -0.4 is 10.6 Å². The molecule has 176 valence electrons. The average molecular weight is 467 g/mol. The normalized spacial score (nSPS) is 13.0. The van der Waals surface area contributed by atoms with E-state index in [0.29, 0.717) is 35.0 Å². The Morgan fingerprint density at radius 1 is 0.914 bits per heavy atom. The lowest BCUT2D eigenvalue weighted by atomic mass is 10.1. The van der Waals surface area contributed by atoms with Gasteiger partial charge in [0.25, 0.3) is 5.91 Å². The lowest BCUT2D eigenvalue weighted by Crippen LogP contribution is -2.32. The molecule has 3 amide bonds. The van der Waals surface area contributed by atoms with Gasteiger partial charge in [-0.05, 0) is 42.7 Å². The van der Waals surface area contributed by atoms with Crippen molar-refractivity contribution in [1.29, 1.82) is 0 Å².